The van der Waals surface area contributed by atoms with Crippen LogP contribution in [0.15, 0.2) is 9.47 Å². The Hall–Kier alpha value is -0.0300. The van der Waals surface area contributed by atoms with Crippen molar-refractivity contribution in [1.29, 1.82) is 0 Å². The van der Waals surface area contributed by atoms with E-state index >= 15 is 0 Å². The highest BCUT2D eigenvalue weighted by Gasteiger charge is 2.19. The summed E-state index contributed by atoms with van der Waals surface area (Å²) in [4.78, 5) is 12.7. The van der Waals surface area contributed by atoms with E-state index in [-0.39, 0.29) is 0 Å². The molecular weight excluding hydrogens is 310 g/mol. The molecular formula is C9H11Br2N3. The molecule has 1 heterocycles. The molecule has 1 aromatic rings. The van der Waals surface area contributed by atoms with Crippen LogP contribution in [0.5, 0.6) is 0 Å². The minimum atomic E-state index is 0.527. The van der Waals surface area contributed by atoms with Crippen LogP contribution in [0, 0.1) is 0 Å². The van der Waals surface area contributed by atoms with E-state index in [1.165, 1.54) is 32.1 Å². The number of nitrogens with zero attached hydrogens (tertiary/aromatic N) is 3. The zero-order valence-corrected chi connectivity index (χ0v) is 10.9. The molecule has 0 aromatic carbocycles. The summed E-state index contributed by atoms with van der Waals surface area (Å²) in [7, 11) is 0. The smallest absolute Gasteiger partial charge is 0.200 e. The first-order valence-corrected chi connectivity index (χ1v) is 6.41. The van der Waals surface area contributed by atoms with Gasteiger partial charge in [-0.25, -0.2) is 9.97 Å². The van der Waals surface area contributed by atoms with Gasteiger partial charge in [0.2, 0.25) is 9.47 Å². The van der Waals surface area contributed by atoms with Gasteiger partial charge in [-0.2, -0.15) is 4.98 Å². The Morgan fingerprint density at radius 3 is 2.00 bits per heavy atom. The van der Waals surface area contributed by atoms with E-state index in [9.17, 15) is 0 Å². The molecule has 76 valence electrons. The van der Waals surface area contributed by atoms with Gasteiger partial charge in [-0.15, -0.1) is 0 Å². The van der Waals surface area contributed by atoms with E-state index in [0.717, 1.165) is 5.82 Å². The summed E-state index contributed by atoms with van der Waals surface area (Å²) in [5, 5.41) is 0. The van der Waals surface area contributed by atoms with Gasteiger partial charge < -0.3 is 0 Å². The van der Waals surface area contributed by atoms with Crippen LogP contribution in [0.3, 0.4) is 0 Å². The summed E-state index contributed by atoms with van der Waals surface area (Å²) in [5.74, 6) is 1.46. The van der Waals surface area contributed by atoms with Crippen molar-refractivity contribution in [2.45, 2.75) is 38.0 Å². The first kappa shape index (κ1) is 10.5. The molecule has 5 heteroatoms. The van der Waals surface area contributed by atoms with Gasteiger partial charge in [0.05, 0.1) is 0 Å². The third-order valence-electron chi connectivity index (χ3n) is 2.57. The average molecular weight is 321 g/mol. The highest BCUT2D eigenvalue weighted by molar-refractivity contribution is 9.11. The average Bonchev–Trinajstić information content (AvgIpc) is 2.18. The highest BCUT2D eigenvalue weighted by atomic mass is 79.9. The van der Waals surface area contributed by atoms with Crippen molar-refractivity contribution >= 4 is 31.9 Å². The maximum absolute atomic E-state index is 4.32. The molecule has 0 aliphatic heterocycles. The van der Waals surface area contributed by atoms with Crippen molar-refractivity contribution in [3.63, 3.8) is 0 Å². The second kappa shape index (κ2) is 4.66. The second-order valence-electron chi connectivity index (χ2n) is 3.57. The predicted molar refractivity (Wildman–Crippen MR) is 61.1 cm³/mol. The normalized spacial score (nSPS) is 18.4. The van der Waals surface area contributed by atoms with Gasteiger partial charge in [-0.05, 0) is 44.7 Å². The minimum Gasteiger partial charge on any atom is -0.207 e. The van der Waals surface area contributed by atoms with Crippen molar-refractivity contribution in [3.05, 3.63) is 15.3 Å². The summed E-state index contributed by atoms with van der Waals surface area (Å²) >= 11 is 6.57. The van der Waals surface area contributed by atoms with E-state index in [4.69, 9.17) is 0 Å². The fraction of sp³-hybridized carbons (Fsp3) is 0.667. The largest absolute Gasteiger partial charge is 0.207 e. The monoisotopic (exact) mass is 319 g/mol. The highest BCUT2D eigenvalue weighted by Crippen LogP contribution is 2.31. The van der Waals surface area contributed by atoms with E-state index in [2.05, 4.69) is 46.8 Å². The van der Waals surface area contributed by atoms with Crippen LogP contribution in [-0.4, -0.2) is 15.0 Å². The van der Waals surface area contributed by atoms with Gasteiger partial charge in [0, 0.05) is 5.92 Å². The van der Waals surface area contributed by atoms with Crippen molar-refractivity contribution < 1.29 is 0 Å². The number of aromatic nitrogens is 3. The molecule has 0 N–H and O–H groups in total. The van der Waals surface area contributed by atoms with Crippen LogP contribution in [0.1, 0.15) is 43.8 Å². The maximum atomic E-state index is 4.32. The topological polar surface area (TPSA) is 38.7 Å². The van der Waals surface area contributed by atoms with E-state index in [1.807, 2.05) is 0 Å². The number of hydrogen-bond acceptors (Lipinski definition) is 3. The van der Waals surface area contributed by atoms with Gasteiger partial charge >= 0.3 is 0 Å². The zero-order valence-electron chi connectivity index (χ0n) is 7.71. The fourth-order valence-electron chi connectivity index (χ4n) is 1.88. The molecule has 0 amide bonds. The van der Waals surface area contributed by atoms with Crippen LogP contribution in [-0.2, 0) is 0 Å². The lowest BCUT2D eigenvalue weighted by molar-refractivity contribution is 0.426. The molecule has 0 atom stereocenters. The van der Waals surface area contributed by atoms with Gasteiger partial charge in [-0.1, -0.05) is 19.3 Å². The molecule has 3 nitrogen and oxygen atoms in total. The van der Waals surface area contributed by atoms with Crippen LogP contribution < -0.4 is 0 Å². The Morgan fingerprint density at radius 2 is 1.43 bits per heavy atom. The van der Waals surface area contributed by atoms with Gasteiger partial charge in [0.25, 0.3) is 0 Å². The third-order valence-corrected chi connectivity index (χ3v) is 3.28. The van der Waals surface area contributed by atoms with Crippen LogP contribution >= 0.6 is 31.9 Å². The van der Waals surface area contributed by atoms with Crippen LogP contribution in [0.2, 0.25) is 0 Å². The predicted octanol–water partition coefficient (Wildman–Crippen LogP) is 3.44. The molecule has 0 radical (unpaired) electrons. The molecule has 1 aliphatic carbocycles. The molecule has 1 fully saturated rings. The van der Waals surface area contributed by atoms with E-state index < -0.39 is 0 Å². The Kier molecular flexibility index (Phi) is 3.49. The number of hydrogen-bond donors (Lipinski definition) is 0. The Balaban J connectivity index is 2.21. The lowest BCUT2D eigenvalue weighted by Gasteiger charge is -2.19. The zero-order chi connectivity index (χ0) is 9.97. The van der Waals surface area contributed by atoms with Gasteiger partial charge in [-0.3, -0.25) is 0 Å². The molecule has 1 aliphatic rings. The van der Waals surface area contributed by atoms with Gasteiger partial charge in [0.1, 0.15) is 5.82 Å². The summed E-state index contributed by atoms with van der Waals surface area (Å²) in [6.45, 7) is 0. The van der Waals surface area contributed by atoms with Gasteiger partial charge in [0.15, 0.2) is 0 Å². The molecule has 0 spiro atoms. The van der Waals surface area contributed by atoms with Crippen molar-refractivity contribution in [3.8, 4) is 0 Å². The molecule has 14 heavy (non-hydrogen) atoms. The minimum absolute atomic E-state index is 0.527. The first-order valence-electron chi connectivity index (χ1n) is 4.82. The molecule has 0 saturated heterocycles. The lowest BCUT2D eigenvalue weighted by Crippen LogP contribution is -2.09. The Bertz CT molecular complexity index is 304. The maximum Gasteiger partial charge on any atom is 0.200 e. The lowest BCUT2D eigenvalue weighted by atomic mass is 9.89. The molecule has 0 bridgehead atoms. The summed E-state index contributed by atoms with van der Waals surface area (Å²) in [6, 6.07) is 0. The van der Waals surface area contributed by atoms with E-state index in [1.54, 1.807) is 0 Å². The number of halogens is 2. The third kappa shape index (κ3) is 2.51. The number of rotatable bonds is 1. The quantitative estimate of drug-likeness (QED) is 0.795. The second-order valence-corrected chi connectivity index (χ2v) is 4.99. The Labute approximate surface area is 100 Å². The van der Waals surface area contributed by atoms with Crippen LogP contribution in [0.25, 0.3) is 0 Å². The molecule has 2 rings (SSSR count). The van der Waals surface area contributed by atoms with Crippen molar-refractivity contribution in [2.24, 2.45) is 0 Å². The molecule has 1 saturated carbocycles. The molecule has 0 unspecified atom stereocenters. The summed E-state index contributed by atoms with van der Waals surface area (Å²) < 4.78 is 1.25. The standard InChI is InChI=1S/C9H11Br2N3/c10-8-12-7(13-9(11)14-8)6-4-2-1-3-5-6/h6H,1-5H2. The first-order chi connectivity index (χ1) is 6.75. The molecule has 1 aromatic heterocycles. The van der Waals surface area contributed by atoms with Crippen molar-refractivity contribution in [2.75, 3.05) is 0 Å². The SMILES string of the molecule is Brc1nc(Br)nc(C2CCCCC2)n1. The van der Waals surface area contributed by atoms with Crippen LogP contribution in [0.4, 0.5) is 0 Å². The fourth-order valence-corrected chi connectivity index (χ4v) is 2.82. The van der Waals surface area contributed by atoms with E-state index in [0.29, 0.717) is 15.4 Å². The summed E-state index contributed by atoms with van der Waals surface area (Å²) in [6.07, 6.45) is 6.37. The summed E-state index contributed by atoms with van der Waals surface area (Å²) in [5.41, 5.74) is 0. The van der Waals surface area contributed by atoms with Crippen molar-refractivity contribution in [1.82, 2.24) is 15.0 Å². The Morgan fingerprint density at radius 1 is 0.857 bits per heavy atom.